The quantitative estimate of drug-likeness (QED) is 0.140. The van der Waals surface area contributed by atoms with Crippen LogP contribution in [0.1, 0.15) is 43.5 Å². The molecule has 6 rings (SSSR count). The molecule has 0 atom stereocenters. The third-order valence-electron chi connectivity index (χ3n) is 7.82. The number of nitriles is 2. The minimum atomic E-state index is -2.18. The van der Waals surface area contributed by atoms with Crippen LogP contribution in [-0.4, -0.2) is 58.4 Å². The van der Waals surface area contributed by atoms with Crippen molar-refractivity contribution in [3.05, 3.63) is 119 Å². The van der Waals surface area contributed by atoms with Gasteiger partial charge < -0.3 is 35.1 Å². The highest BCUT2D eigenvalue weighted by molar-refractivity contribution is 6.06. The number of nitrogens with one attached hydrogen (secondary N) is 2. The fraction of sp³-hybridized carbons (Fsp3) is 0.0882. The molecule has 0 aliphatic rings. The Hall–Kier alpha value is -7.33. The lowest BCUT2D eigenvalue weighted by Crippen LogP contribution is -2.53. The molecule has 0 unspecified atom stereocenters. The van der Waals surface area contributed by atoms with Crippen LogP contribution in [0.5, 0.6) is 11.5 Å². The maximum absolute atomic E-state index is 14.3. The van der Waals surface area contributed by atoms with E-state index in [9.17, 15) is 49.0 Å². The number of fused-ring (bicyclic) bond motifs is 2. The maximum Gasteiger partial charge on any atom is 0.347 e. The predicted octanol–water partition coefficient (Wildman–Crippen LogP) is 3.49. The van der Waals surface area contributed by atoms with E-state index in [1.807, 2.05) is 22.8 Å². The first-order valence-electron chi connectivity index (χ1n) is 14.6. The number of aromatic nitrogens is 4. The number of carboxylic acid groups (broad SMARTS) is 1. The molecule has 0 fully saturated rings. The summed E-state index contributed by atoms with van der Waals surface area (Å²) in [6, 6.07) is 18.2. The number of benzene rings is 2. The van der Waals surface area contributed by atoms with Gasteiger partial charge in [0.2, 0.25) is 6.17 Å². The smallest absolute Gasteiger partial charge is 0.347 e. The first-order chi connectivity index (χ1) is 24.0. The molecule has 14 nitrogen and oxygen atoms in total. The SMILES string of the molecule is N#Cc1nc(C(=O)NC(NC(=O)c2nc(C#N)c3c(ccn3Cc3ccccc3F)c2O)C(=O)O)c(O)c2ccn(Cc3ccccc3F)c12. The molecule has 0 spiro atoms. The van der Waals surface area contributed by atoms with Gasteiger partial charge in [-0.3, -0.25) is 9.59 Å². The molecular weight excluding hydrogens is 654 g/mol. The summed E-state index contributed by atoms with van der Waals surface area (Å²) in [4.78, 5) is 46.4. The van der Waals surface area contributed by atoms with E-state index in [4.69, 9.17) is 0 Å². The normalized spacial score (nSPS) is 11.0. The van der Waals surface area contributed by atoms with Crippen molar-refractivity contribution in [2.24, 2.45) is 0 Å². The zero-order chi connectivity index (χ0) is 35.7. The van der Waals surface area contributed by atoms with Gasteiger partial charge in [0.05, 0.1) is 24.1 Å². The summed E-state index contributed by atoms with van der Waals surface area (Å²) in [5.74, 6) is -6.83. The number of hydrogen-bond acceptors (Lipinski definition) is 9. The Morgan fingerprint density at radius 2 is 1.12 bits per heavy atom. The van der Waals surface area contributed by atoms with E-state index in [1.165, 1.54) is 70.1 Å². The number of carbonyl (C=O) groups excluding carboxylic acids is 2. The lowest BCUT2D eigenvalue weighted by Gasteiger charge is -2.17. The van der Waals surface area contributed by atoms with Gasteiger partial charge in [-0.25, -0.2) is 23.5 Å². The minimum Gasteiger partial charge on any atom is -0.505 e. The van der Waals surface area contributed by atoms with Crippen LogP contribution in [0.15, 0.2) is 73.1 Å². The van der Waals surface area contributed by atoms with Crippen molar-refractivity contribution in [1.82, 2.24) is 29.7 Å². The zero-order valence-electron chi connectivity index (χ0n) is 25.4. The van der Waals surface area contributed by atoms with E-state index in [1.54, 1.807) is 12.1 Å². The van der Waals surface area contributed by atoms with Crippen molar-refractivity contribution >= 4 is 39.6 Å². The Morgan fingerprint density at radius 1 is 0.720 bits per heavy atom. The second kappa shape index (κ2) is 13.1. The molecular formula is C34H22F2N8O6. The summed E-state index contributed by atoms with van der Waals surface area (Å²) < 4.78 is 31.5. The molecule has 2 amide bonds. The van der Waals surface area contributed by atoms with E-state index in [0.29, 0.717) is 0 Å². The van der Waals surface area contributed by atoms with Gasteiger partial charge in [-0.15, -0.1) is 0 Å². The average Bonchev–Trinajstić information content (AvgIpc) is 3.72. The van der Waals surface area contributed by atoms with Gasteiger partial charge in [0.15, 0.2) is 34.3 Å². The Morgan fingerprint density at radius 3 is 1.48 bits per heavy atom. The number of hydrogen-bond donors (Lipinski definition) is 5. The second-order valence-electron chi connectivity index (χ2n) is 10.9. The van der Waals surface area contributed by atoms with Crippen molar-refractivity contribution < 1.29 is 38.5 Å². The van der Waals surface area contributed by atoms with Gasteiger partial charge in [0, 0.05) is 34.3 Å². The molecule has 50 heavy (non-hydrogen) atoms. The van der Waals surface area contributed by atoms with E-state index in [2.05, 4.69) is 9.97 Å². The van der Waals surface area contributed by atoms with E-state index < -0.39 is 58.5 Å². The van der Waals surface area contributed by atoms with Crippen molar-refractivity contribution in [1.29, 1.82) is 10.5 Å². The lowest BCUT2D eigenvalue weighted by atomic mass is 10.1. The van der Waals surface area contributed by atoms with Gasteiger partial charge in [-0.05, 0) is 24.3 Å². The monoisotopic (exact) mass is 676 g/mol. The highest BCUT2D eigenvalue weighted by Crippen LogP contribution is 2.33. The molecule has 4 aromatic heterocycles. The Bertz CT molecular complexity index is 2300. The first-order valence-corrected chi connectivity index (χ1v) is 14.6. The number of rotatable bonds is 9. The third-order valence-corrected chi connectivity index (χ3v) is 7.82. The highest BCUT2D eigenvalue weighted by atomic mass is 19.1. The maximum atomic E-state index is 14.3. The Balaban J connectivity index is 1.27. The molecule has 0 bridgehead atoms. The lowest BCUT2D eigenvalue weighted by molar-refractivity contribution is -0.139. The van der Waals surface area contributed by atoms with Crippen LogP contribution >= 0.6 is 0 Å². The third kappa shape index (κ3) is 5.84. The Kier molecular flexibility index (Phi) is 8.51. The van der Waals surface area contributed by atoms with Crippen LogP contribution in [0.25, 0.3) is 21.8 Å². The number of amides is 2. The first kappa shape index (κ1) is 32.6. The summed E-state index contributed by atoms with van der Waals surface area (Å²) >= 11 is 0. The average molecular weight is 677 g/mol. The number of aromatic hydroxyl groups is 2. The molecule has 6 aromatic rings. The minimum absolute atomic E-state index is 0.0117. The summed E-state index contributed by atoms with van der Waals surface area (Å²) in [5.41, 5.74) is -1.45. The fourth-order valence-electron chi connectivity index (χ4n) is 5.46. The molecule has 0 aliphatic carbocycles. The van der Waals surface area contributed by atoms with Crippen molar-refractivity contribution in [2.45, 2.75) is 19.3 Å². The zero-order valence-corrected chi connectivity index (χ0v) is 25.4. The molecule has 0 aliphatic heterocycles. The molecule has 0 saturated heterocycles. The number of carboxylic acids is 1. The van der Waals surface area contributed by atoms with Crippen LogP contribution < -0.4 is 10.6 Å². The van der Waals surface area contributed by atoms with Crippen LogP contribution in [0.2, 0.25) is 0 Å². The number of halogens is 2. The molecule has 0 radical (unpaired) electrons. The molecule has 248 valence electrons. The number of pyridine rings is 2. The number of aliphatic carboxylic acids is 1. The van der Waals surface area contributed by atoms with Crippen LogP contribution in [0.3, 0.4) is 0 Å². The van der Waals surface area contributed by atoms with E-state index >= 15 is 0 Å². The van der Waals surface area contributed by atoms with Crippen molar-refractivity contribution in [3.8, 4) is 23.6 Å². The van der Waals surface area contributed by atoms with Crippen LogP contribution in [0, 0.1) is 34.3 Å². The molecule has 5 N–H and O–H groups in total. The molecule has 0 saturated carbocycles. The largest absolute Gasteiger partial charge is 0.505 e. The highest BCUT2D eigenvalue weighted by Gasteiger charge is 2.30. The fourth-order valence-corrected chi connectivity index (χ4v) is 5.46. The summed E-state index contributed by atoms with van der Waals surface area (Å²) in [6.07, 6.45) is 0.707. The van der Waals surface area contributed by atoms with Crippen molar-refractivity contribution in [3.63, 3.8) is 0 Å². The number of nitrogens with zero attached hydrogens (tertiary/aromatic N) is 6. The van der Waals surface area contributed by atoms with Crippen LogP contribution in [0.4, 0.5) is 8.78 Å². The van der Waals surface area contributed by atoms with E-state index in [0.717, 1.165) is 0 Å². The van der Waals surface area contributed by atoms with E-state index in [-0.39, 0.29) is 57.4 Å². The summed E-state index contributed by atoms with van der Waals surface area (Å²) in [7, 11) is 0. The van der Waals surface area contributed by atoms with Crippen LogP contribution in [-0.2, 0) is 17.9 Å². The molecule has 2 aromatic carbocycles. The second-order valence-corrected chi connectivity index (χ2v) is 10.9. The number of carbonyl (C=O) groups is 3. The Labute approximate surface area is 279 Å². The molecule has 16 heteroatoms. The van der Waals surface area contributed by atoms with Crippen molar-refractivity contribution in [2.75, 3.05) is 0 Å². The topological polar surface area (TPSA) is 219 Å². The van der Waals surface area contributed by atoms with Gasteiger partial charge >= 0.3 is 5.97 Å². The predicted molar refractivity (Wildman–Crippen MR) is 170 cm³/mol. The van der Waals surface area contributed by atoms with Gasteiger partial charge in [-0.2, -0.15) is 10.5 Å². The van der Waals surface area contributed by atoms with Gasteiger partial charge in [0.25, 0.3) is 11.8 Å². The summed E-state index contributed by atoms with van der Waals surface area (Å²) in [5, 5.41) is 55.3. The standard InChI is InChI=1S/C34H22F2N8O6/c35-21-7-3-1-5-17(21)15-43-11-9-19-27(43)23(13-37)39-25(29(19)45)32(47)41-31(34(49)50)42-33(48)26-30(46)20-10-12-44(28(20)24(14-38)40-26)16-18-6-2-4-8-22(18)36/h1-12,31,45-46H,15-16H2,(H,41,47)(H,42,48)(H,49,50). The van der Waals surface area contributed by atoms with Gasteiger partial charge in [0.1, 0.15) is 23.8 Å². The van der Waals surface area contributed by atoms with Gasteiger partial charge in [-0.1, -0.05) is 36.4 Å². The summed E-state index contributed by atoms with van der Waals surface area (Å²) in [6.45, 7) is -0.0811. The molecule has 4 heterocycles.